The standard InChI is InChI=1S/C11H14O.C4H11N/c1-3-9-12-11-7-5-10(4-2)6-8-11;1-3-5-4-2/h4-8H,2-3,9H2,1H3;5H,3-4H2,1-2H3. The van der Waals surface area contributed by atoms with E-state index in [2.05, 4.69) is 32.7 Å². The van der Waals surface area contributed by atoms with E-state index in [9.17, 15) is 0 Å². The summed E-state index contributed by atoms with van der Waals surface area (Å²) in [6.07, 6.45) is 2.87. The predicted molar refractivity (Wildman–Crippen MR) is 76.5 cm³/mol. The molecular formula is C15H25NO. The van der Waals surface area contributed by atoms with Crippen molar-refractivity contribution < 1.29 is 4.74 Å². The number of nitrogens with one attached hydrogen (secondary N) is 1. The van der Waals surface area contributed by atoms with E-state index >= 15 is 0 Å². The molecule has 1 aromatic rings. The lowest BCUT2D eigenvalue weighted by atomic mass is 10.2. The minimum absolute atomic E-state index is 0.785. The molecule has 0 saturated heterocycles. The minimum Gasteiger partial charge on any atom is -0.494 e. The summed E-state index contributed by atoms with van der Waals surface area (Å²) in [4.78, 5) is 0. The fraction of sp³-hybridized carbons (Fsp3) is 0.467. The van der Waals surface area contributed by atoms with Crippen LogP contribution in [0.3, 0.4) is 0 Å². The van der Waals surface area contributed by atoms with Crippen LogP contribution < -0.4 is 10.1 Å². The Hall–Kier alpha value is -1.28. The molecule has 0 aliphatic heterocycles. The molecule has 0 atom stereocenters. The molecule has 0 aliphatic carbocycles. The van der Waals surface area contributed by atoms with Gasteiger partial charge < -0.3 is 10.1 Å². The number of hydrogen-bond donors (Lipinski definition) is 1. The van der Waals surface area contributed by atoms with Crippen molar-refractivity contribution >= 4 is 6.08 Å². The highest BCUT2D eigenvalue weighted by Crippen LogP contribution is 2.12. The third kappa shape index (κ3) is 8.52. The summed E-state index contributed by atoms with van der Waals surface area (Å²) in [6.45, 7) is 13.0. The largest absolute Gasteiger partial charge is 0.494 e. The summed E-state index contributed by atoms with van der Waals surface area (Å²) < 4.78 is 5.42. The molecule has 2 heteroatoms. The first kappa shape index (κ1) is 15.7. The second-order valence-electron chi connectivity index (χ2n) is 3.58. The van der Waals surface area contributed by atoms with Crippen molar-refractivity contribution in [3.63, 3.8) is 0 Å². The molecule has 17 heavy (non-hydrogen) atoms. The van der Waals surface area contributed by atoms with E-state index in [0.717, 1.165) is 37.4 Å². The Morgan fingerprint density at radius 1 is 1.12 bits per heavy atom. The minimum atomic E-state index is 0.785. The fourth-order valence-corrected chi connectivity index (χ4v) is 1.17. The van der Waals surface area contributed by atoms with Gasteiger partial charge in [-0.25, -0.2) is 0 Å². The quantitative estimate of drug-likeness (QED) is 0.811. The van der Waals surface area contributed by atoms with Crippen molar-refractivity contribution in [1.82, 2.24) is 5.32 Å². The van der Waals surface area contributed by atoms with Crippen molar-refractivity contribution in [2.75, 3.05) is 19.7 Å². The number of benzene rings is 1. The van der Waals surface area contributed by atoms with Crippen LogP contribution in [0.25, 0.3) is 6.08 Å². The summed E-state index contributed by atoms with van der Waals surface area (Å²) in [5.74, 6) is 0.933. The molecule has 0 heterocycles. The highest BCUT2D eigenvalue weighted by molar-refractivity contribution is 5.48. The summed E-state index contributed by atoms with van der Waals surface area (Å²) in [7, 11) is 0. The van der Waals surface area contributed by atoms with Crippen LogP contribution in [0.5, 0.6) is 5.75 Å². The Bertz CT molecular complexity index is 277. The zero-order chi connectivity index (χ0) is 12.9. The molecule has 0 unspecified atom stereocenters. The fourth-order valence-electron chi connectivity index (χ4n) is 1.17. The van der Waals surface area contributed by atoms with Gasteiger partial charge in [0, 0.05) is 0 Å². The van der Waals surface area contributed by atoms with Crippen LogP contribution in [0.1, 0.15) is 32.8 Å². The maximum atomic E-state index is 5.42. The first-order valence-corrected chi connectivity index (χ1v) is 6.34. The van der Waals surface area contributed by atoms with Gasteiger partial charge in [0.15, 0.2) is 0 Å². The molecule has 0 aliphatic rings. The van der Waals surface area contributed by atoms with Crippen LogP contribution in [0.4, 0.5) is 0 Å². The average molecular weight is 235 g/mol. The maximum Gasteiger partial charge on any atom is 0.119 e. The molecule has 0 saturated carbocycles. The van der Waals surface area contributed by atoms with E-state index in [1.54, 1.807) is 0 Å². The van der Waals surface area contributed by atoms with Crippen molar-refractivity contribution in [2.24, 2.45) is 0 Å². The molecule has 0 aromatic heterocycles. The van der Waals surface area contributed by atoms with Gasteiger partial charge in [0.25, 0.3) is 0 Å². The Kier molecular flexibility index (Phi) is 10.4. The van der Waals surface area contributed by atoms with E-state index < -0.39 is 0 Å². The molecule has 0 fully saturated rings. The molecule has 1 aromatic carbocycles. The van der Waals surface area contributed by atoms with Gasteiger partial charge in [-0.15, -0.1) is 0 Å². The van der Waals surface area contributed by atoms with Crippen LogP contribution in [0.2, 0.25) is 0 Å². The molecule has 1 N–H and O–H groups in total. The van der Waals surface area contributed by atoms with Gasteiger partial charge in [-0.1, -0.05) is 45.6 Å². The van der Waals surface area contributed by atoms with Crippen LogP contribution in [0, 0.1) is 0 Å². The summed E-state index contributed by atoms with van der Waals surface area (Å²) in [6, 6.07) is 7.93. The van der Waals surface area contributed by atoms with E-state index in [1.807, 2.05) is 30.3 Å². The van der Waals surface area contributed by atoms with Crippen molar-refractivity contribution in [1.29, 1.82) is 0 Å². The normalized spacial score (nSPS) is 9.12. The molecule has 1 rings (SSSR count). The topological polar surface area (TPSA) is 21.3 Å². The number of rotatable bonds is 6. The van der Waals surface area contributed by atoms with Gasteiger partial charge in [0.05, 0.1) is 6.61 Å². The van der Waals surface area contributed by atoms with Gasteiger partial charge >= 0.3 is 0 Å². The zero-order valence-corrected chi connectivity index (χ0v) is 11.3. The molecule has 0 amide bonds. The lowest BCUT2D eigenvalue weighted by Gasteiger charge is -2.03. The molecule has 0 radical (unpaired) electrons. The Balaban J connectivity index is 0.000000437. The van der Waals surface area contributed by atoms with Crippen LogP contribution in [0.15, 0.2) is 30.8 Å². The molecule has 0 spiro atoms. The molecular weight excluding hydrogens is 210 g/mol. The highest BCUT2D eigenvalue weighted by atomic mass is 16.5. The highest BCUT2D eigenvalue weighted by Gasteiger charge is 1.90. The van der Waals surface area contributed by atoms with E-state index in [4.69, 9.17) is 4.74 Å². The Morgan fingerprint density at radius 2 is 1.71 bits per heavy atom. The molecule has 2 nitrogen and oxygen atoms in total. The second-order valence-corrected chi connectivity index (χ2v) is 3.58. The van der Waals surface area contributed by atoms with Gasteiger partial charge in [-0.2, -0.15) is 0 Å². The van der Waals surface area contributed by atoms with Gasteiger partial charge in [0.1, 0.15) is 5.75 Å². The van der Waals surface area contributed by atoms with Gasteiger partial charge in [0.2, 0.25) is 0 Å². The SMILES string of the molecule is C=Cc1ccc(OCCC)cc1.CCNCC. The van der Waals surface area contributed by atoms with Crippen molar-refractivity contribution in [2.45, 2.75) is 27.2 Å². The summed E-state index contributed by atoms with van der Waals surface area (Å²) in [5, 5.41) is 3.11. The third-order valence-corrected chi connectivity index (χ3v) is 2.09. The number of ether oxygens (including phenoxy) is 1. The number of hydrogen-bond acceptors (Lipinski definition) is 2. The maximum absolute atomic E-state index is 5.42. The first-order valence-electron chi connectivity index (χ1n) is 6.34. The van der Waals surface area contributed by atoms with Crippen LogP contribution in [-0.4, -0.2) is 19.7 Å². The van der Waals surface area contributed by atoms with Crippen molar-refractivity contribution in [3.05, 3.63) is 36.4 Å². The Morgan fingerprint density at radius 3 is 2.06 bits per heavy atom. The predicted octanol–water partition coefficient (Wildman–Crippen LogP) is 3.73. The Labute approximate surface area is 106 Å². The van der Waals surface area contributed by atoms with E-state index in [1.165, 1.54) is 0 Å². The van der Waals surface area contributed by atoms with Gasteiger partial charge in [-0.3, -0.25) is 0 Å². The third-order valence-electron chi connectivity index (χ3n) is 2.09. The molecule has 96 valence electrons. The lowest BCUT2D eigenvalue weighted by Crippen LogP contribution is -2.09. The average Bonchev–Trinajstić information content (AvgIpc) is 2.38. The lowest BCUT2D eigenvalue weighted by molar-refractivity contribution is 0.317. The smallest absolute Gasteiger partial charge is 0.119 e. The molecule has 0 bridgehead atoms. The van der Waals surface area contributed by atoms with E-state index in [0.29, 0.717) is 0 Å². The summed E-state index contributed by atoms with van der Waals surface area (Å²) >= 11 is 0. The van der Waals surface area contributed by atoms with Gasteiger partial charge in [-0.05, 0) is 37.2 Å². The van der Waals surface area contributed by atoms with Crippen LogP contribution >= 0.6 is 0 Å². The summed E-state index contributed by atoms with van der Waals surface area (Å²) in [5.41, 5.74) is 1.12. The van der Waals surface area contributed by atoms with E-state index in [-0.39, 0.29) is 0 Å². The first-order chi connectivity index (χ1) is 8.28. The second kappa shape index (κ2) is 11.2. The van der Waals surface area contributed by atoms with Crippen LogP contribution in [-0.2, 0) is 0 Å². The zero-order valence-electron chi connectivity index (χ0n) is 11.3. The van der Waals surface area contributed by atoms with Crippen molar-refractivity contribution in [3.8, 4) is 5.75 Å². The monoisotopic (exact) mass is 235 g/mol.